The average molecular weight is 268 g/mol. The SMILES string of the molecule is COc1ccc(-c2ccccc2)cc1/C=C(\C)C(=O)O. The molecule has 0 fully saturated rings. The average Bonchev–Trinajstić information content (AvgIpc) is 2.48. The van der Waals surface area contributed by atoms with Crippen molar-refractivity contribution in [2.45, 2.75) is 6.92 Å². The van der Waals surface area contributed by atoms with Gasteiger partial charge in [0.2, 0.25) is 0 Å². The first-order valence-electron chi connectivity index (χ1n) is 6.27. The number of aliphatic carboxylic acids is 1. The van der Waals surface area contributed by atoms with Gasteiger partial charge in [-0.25, -0.2) is 4.79 Å². The molecule has 0 aliphatic rings. The molecule has 0 spiro atoms. The van der Waals surface area contributed by atoms with E-state index < -0.39 is 5.97 Å². The van der Waals surface area contributed by atoms with Crippen LogP contribution in [0.5, 0.6) is 5.75 Å². The molecule has 2 rings (SSSR count). The van der Waals surface area contributed by atoms with E-state index in [4.69, 9.17) is 9.84 Å². The lowest BCUT2D eigenvalue weighted by atomic mass is 10.0. The van der Waals surface area contributed by atoms with Crippen LogP contribution in [-0.2, 0) is 4.79 Å². The fourth-order valence-electron chi connectivity index (χ4n) is 1.95. The number of carboxylic acid groups (broad SMARTS) is 1. The molecular weight excluding hydrogens is 252 g/mol. The number of hydrogen-bond acceptors (Lipinski definition) is 2. The summed E-state index contributed by atoms with van der Waals surface area (Å²) in [7, 11) is 1.57. The van der Waals surface area contributed by atoms with Gasteiger partial charge in [-0.2, -0.15) is 0 Å². The standard InChI is InChI=1S/C17H16O3/c1-12(17(18)19)10-15-11-14(8-9-16(15)20-2)13-6-4-3-5-7-13/h3-11H,1-2H3,(H,18,19)/b12-10+. The van der Waals surface area contributed by atoms with E-state index in [0.29, 0.717) is 5.75 Å². The third kappa shape index (κ3) is 3.06. The minimum atomic E-state index is -0.933. The van der Waals surface area contributed by atoms with Crippen LogP contribution in [0.15, 0.2) is 54.1 Å². The van der Waals surface area contributed by atoms with Crippen molar-refractivity contribution in [3.05, 3.63) is 59.7 Å². The van der Waals surface area contributed by atoms with Crippen molar-refractivity contribution in [2.75, 3.05) is 7.11 Å². The highest BCUT2D eigenvalue weighted by Crippen LogP contribution is 2.28. The molecule has 0 radical (unpaired) electrons. The number of carboxylic acids is 1. The van der Waals surface area contributed by atoms with E-state index >= 15 is 0 Å². The van der Waals surface area contributed by atoms with Crippen molar-refractivity contribution in [1.82, 2.24) is 0 Å². The predicted molar refractivity (Wildman–Crippen MR) is 79.7 cm³/mol. The molecule has 0 atom stereocenters. The molecule has 0 heterocycles. The molecule has 0 amide bonds. The molecule has 3 heteroatoms. The van der Waals surface area contributed by atoms with Crippen LogP contribution in [-0.4, -0.2) is 18.2 Å². The van der Waals surface area contributed by atoms with Crippen LogP contribution >= 0.6 is 0 Å². The fraction of sp³-hybridized carbons (Fsp3) is 0.118. The van der Waals surface area contributed by atoms with Crippen LogP contribution < -0.4 is 4.74 Å². The Labute approximate surface area is 118 Å². The number of ether oxygens (including phenoxy) is 1. The second-order valence-electron chi connectivity index (χ2n) is 4.46. The molecule has 0 saturated heterocycles. The summed E-state index contributed by atoms with van der Waals surface area (Å²) >= 11 is 0. The van der Waals surface area contributed by atoms with Gasteiger partial charge in [-0.3, -0.25) is 0 Å². The Hall–Kier alpha value is -2.55. The maximum absolute atomic E-state index is 10.9. The first-order valence-corrected chi connectivity index (χ1v) is 6.27. The lowest BCUT2D eigenvalue weighted by Crippen LogP contribution is -1.96. The van der Waals surface area contributed by atoms with Crippen molar-refractivity contribution >= 4 is 12.0 Å². The zero-order chi connectivity index (χ0) is 14.5. The number of methoxy groups -OCH3 is 1. The van der Waals surface area contributed by atoms with Crippen molar-refractivity contribution in [3.63, 3.8) is 0 Å². The Balaban J connectivity index is 2.50. The zero-order valence-electron chi connectivity index (χ0n) is 11.5. The molecule has 0 aromatic heterocycles. The number of benzene rings is 2. The van der Waals surface area contributed by atoms with Gasteiger partial charge < -0.3 is 9.84 Å². The normalized spacial score (nSPS) is 11.2. The van der Waals surface area contributed by atoms with Crippen molar-refractivity contribution in [1.29, 1.82) is 0 Å². The molecule has 102 valence electrons. The van der Waals surface area contributed by atoms with E-state index in [0.717, 1.165) is 16.7 Å². The molecule has 0 unspecified atom stereocenters. The zero-order valence-corrected chi connectivity index (χ0v) is 11.5. The summed E-state index contributed by atoms with van der Waals surface area (Å²) in [6.45, 7) is 1.57. The number of carbonyl (C=O) groups is 1. The van der Waals surface area contributed by atoms with E-state index in [9.17, 15) is 4.79 Å². The molecular formula is C17H16O3. The first-order chi connectivity index (χ1) is 9.61. The Kier molecular flexibility index (Phi) is 4.20. The quantitative estimate of drug-likeness (QED) is 0.857. The lowest BCUT2D eigenvalue weighted by molar-refractivity contribution is -0.132. The van der Waals surface area contributed by atoms with Gasteiger partial charge in [0.15, 0.2) is 0 Å². The molecule has 0 aliphatic carbocycles. The van der Waals surface area contributed by atoms with Crippen molar-refractivity contribution < 1.29 is 14.6 Å². The summed E-state index contributed by atoms with van der Waals surface area (Å²) in [5.41, 5.74) is 3.14. The molecule has 2 aromatic rings. The van der Waals surface area contributed by atoms with Crippen molar-refractivity contribution in [3.8, 4) is 16.9 Å². The highest BCUT2D eigenvalue weighted by molar-refractivity contribution is 5.92. The Morgan fingerprint density at radius 2 is 1.80 bits per heavy atom. The van der Waals surface area contributed by atoms with E-state index in [1.165, 1.54) is 0 Å². The van der Waals surface area contributed by atoms with Crippen LogP contribution in [0, 0.1) is 0 Å². The minimum absolute atomic E-state index is 0.272. The van der Waals surface area contributed by atoms with Gasteiger partial charge >= 0.3 is 5.97 Å². The fourth-order valence-corrected chi connectivity index (χ4v) is 1.95. The summed E-state index contributed by atoms with van der Waals surface area (Å²) in [6, 6.07) is 15.7. The molecule has 0 bridgehead atoms. The molecule has 0 saturated carbocycles. The minimum Gasteiger partial charge on any atom is -0.496 e. The molecule has 2 aromatic carbocycles. The number of rotatable bonds is 4. The Morgan fingerprint density at radius 3 is 2.40 bits per heavy atom. The maximum atomic E-state index is 10.9. The maximum Gasteiger partial charge on any atom is 0.331 e. The smallest absolute Gasteiger partial charge is 0.331 e. The van der Waals surface area contributed by atoms with Gasteiger partial charge in [0.1, 0.15) is 5.75 Å². The molecule has 3 nitrogen and oxygen atoms in total. The van der Waals surface area contributed by atoms with Crippen LogP contribution in [0.25, 0.3) is 17.2 Å². The summed E-state index contributed by atoms with van der Waals surface area (Å²) in [4.78, 5) is 10.9. The van der Waals surface area contributed by atoms with Crippen LogP contribution in [0.2, 0.25) is 0 Å². The van der Waals surface area contributed by atoms with E-state index in [1.807, 2.05) is 48.5 Å². The topological polar surface area (TPSA) is 46.5 Å². The van der Waals surface area contributed by atoms with Crippen LogP contribution in [0.4, 0.5) is 0 Å². The Morgan fingerprint density at radius 1 is 1.10 bits per heavy atom. The summed E-state index contributed by atoms with van der Waals surface area (Å²) in [5.74, 6) is -0.276. The van der Waals surface area contributed by atoms with Crippen LogP contribution in [0.1, 0.15) is 12.5 Å². The third-order valence-electron chi connectivity index (χ3n) is 3.05. The van der Waals surface area contributed by atoms with Gasteiger partial charge in [-0.05, 0) is 36.3 Å². The number of hydrogen-bond donors (Lipinski definition) is 1. The summed E-state index contributed by atoms with van der Waals surface area (Å²) in [6.07, 6.45) is 1.62. The van der Waals surface area contributed by atoms with E-state index in [1.54, 1.807) is 20.1 Å². The first kappa shape index (κ1) is 13.9. The van der Waals surface area contributed by atoms with E-state index in [-0.39, 0.29) is 5.57 Å². The van der Waals surface area contributed by atoms with Crippen LogP contribution in [0.3, 0.4) is 0 Å². The van der Waals surface area contributed by atoms with Gasteiger partial charge in [0, 0.05) is 11.1 Å². The third-order valence-corrected chi connectivity index (χ3v) is 3.05. The van der Waals surface area contributed by atoms with Crippen molar-refractivity contribution in [2.24, 2.45) is 0 Å². The summed E-state index contributed by atoms with van der Waals surface area (Å²) in [5, 5.41) is 8.98. The van der Waals surface area contributed by atoms with Gasteiger partial charge in [0.25, 0.3) is 0 Å². The molecule has 0 aliphatic heterocycles. The largest absolute Gasteiger partial charge is 0.496 e. The van der Waals surface area contributed by atoms with Gasteiger partial charge in [-0.1, -0.05) is 36.4 Å². The monoisotopic (exact) mass is 268 g/mol. The Bertz CT molecular complexity index is 643. The molecule has 20 heavy (non-hydrogen) atoms. The lowest BCUT2D eigenvalue weighted by Gasteiger charge is -2.09. The van der Waals surface area contributed by atoms with Gasteiger partial charge in [-0.15, -0.1) is 0 Å². The van der Waals surface area contributed by atoms with Gasteiger partial charge in [0.05, 0.1) is 7.11 Å². The second-order valence-corrected chi connectivity index (χ2v) is 4.46. The summed E-state index contributed by atoms with van der Waals surface area (Å²) < 4.78 is 5.28. The second kappa shape index (κ2) is 6.06. The molecule has 1 N–H and O–H groups in total. The van der Waals surface area contributed by atoms with E-state index in [2.05, 4.69) is 0 Å². The highest BCUT2D eigenvalue weighted by atomic mass is 16.5. The predicted octanol–water partition coefficient (Wildman–Crippen LogP) is 3.85. The highest BCUT2D eigenvalue weighted by Gasteiger charge is 2.07.